The number of rotatable bonds is 1. The molecule has 0 saturated carbocycles. The average Bonchev–Trinajstić information content (AvgIpc) is 2.03. The van der Waals surface area contributed by atoms with Crippen LogP contribution in [0.3, 0.4) is 0 Å². The van der Waals surface area contributed by atoms with Gasteiger partial charge in [0.2, 0.25) is 0 Å². The molecule has 1 nitrogen and oxygen atoms in total. The quantitative estimate of drug-likeness (QED) is 0.708. The molecule has 0 saturated heterocycles. The molecule has 72 valence electrons. The highest BCUT2D eigenvalue weighted by Crippen LogP contribution is 2.38. The number of hydrogen-bond acceptors (Lipinski definition) is 1. The number of benzene rings is 1. The van der Waals surface area contributed by atoms with E-state index in [0.29, 0.717) is 0 Å². The molecule has 0 fully saturated rings. The van der Waals surface area contributed by atoms with Crippen LogP contribution in [0.5, 0.6) is 5.75 Å². The number of hydrogen-bond donors (Lipinski definition) is 0. The van der Waals surface area contributed by atoms with Crippen LogP contribution in [0.4, 0.5) is 13.2 Å². The lowest BCUT2D eigenvalue weighted by Gasteiger charge is -2.10. The molecule has 0 bridgehead atoms. The van der Waals surface area contributed by atoms with Gasteiger partial charge in [-0.3, -0.25) is 0 Å². The standard InChI is InChI=1S/C7H3ClF3IO/c8-4-1-2-6(13-12)5(3-4)7(9,10)11/h1-3H. The highest BCUT2D eigenvalue weighted by atomic mass is 127. The van der Waals surface area contributed by atoms with Gasteiger partial charge in [0.05, 0.1) is 0 Å². The van der Waals surface area contributed by atoms with E-state index in [-0.39, 0.29) is 10.8 Å². The fourth-order valence-corrected chi connectivity index (χ4v) is 1.35. The van der Waals surface area contributed by atoms with E-state index in [1.165, 1.54) is 35.1 Å². The van der Waals surface area contributed by atoms with Crippen molar-refractivity contribution in [2.75, 3.05) is 0 Å². The molecule has 0 unspecified atom stereocenters. The lowest BCUT2D eigenvalue weighted by molar-refractivity contribution is -0.138. The van der Waals surface area contributed by atoms with Gasteiger partial charge in [0, 0.05) is 5.02 Å². The van der Waals surface area contributed by atoms with Crippen molar-refractivity contribution in [3.8, 4) is 5.75 Å². The first kappa shape index (κ1) is 10.9. The number of halogens is 5. The van der Waals surface area contributed by atoms with Crippen molar-refractivity contribution in [1.29, 1.82) is 0 Å². The van der Waals surface area contributed by atoms with Gasteiger partial charge in [-0.2, -0.15) is 13.2 Å². The van der Waals surface area contributed by atoms with Crippen molar-refractivity contribution in [2.24, 2.45) is 0 Å². The Morgan fingerprint density at radius 3 is 2.38 bits per heavy atom. The molecule has 0 atom stereocenters. The second kappa shape index (κ2) is 3.91. The summed E-state index contributed by atoms with van der Waals surface area (Å²) in [5.74, 6) is -0.238. The third kappa shape index (κ3) is 2.63. The summed E-state index contributed by atoms with van der Waals surface area (Å²) in [5, 5.41) is 0.0320. The van der Waals surface area contributed by atoms with Gasteiger partial charge in [0.1, 0.15) is 11.3 Å². The zero-order valence-corrected chi connectivity index (χ0v) is 8.94. The first-order chi connectivity index (χ1) is 5.95. The van der Waals surface area contributed by atoms with Gasteiger partial charge in [-0.1, -0.05) is 11.6 Å². The highest BCUT2D eigenvalue weighted by Gasteiger charge is 2.34. The van der Waals surface area contributed by atoms with Gasteiger partial charge in [0.15, 0.2) is 23.0 Å². The normalized spacial score (nSPS) is 11.5. The topological polar surface area (TPSA) is 9.23 Å². The Balaban J connectivity index is 3.24. The molecule has 0 amide bonds. The summed E-state index contributed by atoms with van der Waals surface area (Å²) in [5.41, 5.74) is -0.866. The molecule has 1 rings (SSSR count). The summed E-state index contributed by atoms with van der Waals surface area (Å²) in [4.78, 5) is 0. The first-order valence-electron chi connectivity index (χ1n) is 3.10. The van der Waals surface area contributed by atoms with E-state index in [1.54, 1.807) is 0 Å². The molecular formula is C7H3ClF3IO. The maximum atomic E-state index is 12.3. The Morgan fingerprint density at radius 1 is 1.31 bits per heavy atom. The highest BCUT2D eigenvalue weighted by molar-refractivity contribution is 14.1. The Bertz CT molecular complexity index is 313. The van der Waals surface area contributed by atoms with Gasteiger partial charge in [-0.25, -0.2) is 0 Å². The molecule has 0 N–H and O–H groups in total. The molecule has 0 aromatic heterocycles. The van der Waals surface area contributed by atoms with E-state index in [9.17, 15) is 13.2 Å². The van der Waals surface area contributed by atoms with Gasteiger partial charge in [-0.15, -0.1) is 0 Å². The molecule has 0 heterocycles. The number of alkyl halides is 3. The van der Waals surface area contributed by atoms with Crippen LogP contribution >= 0.6 is 34.6 Å². The summed E-state index contributed by atoms with van der Waals surface area (Å²) >= 11 is 6.81. The smallest absolute Gasteiger partial charge is 0.420 e. The summed E-state index contributed by atoms with van der Waals surface area (Å²) in [6.07, 6.45) is -4.44. The lowest BCUT2D eigenvalue weighted by Crippen LogP contribution is -2.06. The van der Waals surface area contributed by atoms with Crippen LogP contribution < -0.4 is 3.07 Å². The predicted molar refractivity (Wildman–Crippen MR) is 51.1 cm³/mol. The Morgan fingerprint density at radius 2 is 1.92 bits per heavy atom. The monoisotopic (exact) mass is 322 g/mol. The molecule has 1 aromatic carbocycles. The van der Waals surface area contributed by atoms with Crippen LogP contribution in [-0.2, 0) is 6.18 Å². The third-order valence-corrected chi connectivity index (χ3v) is 2.04. The van der Waals surface area contributed by atoms with Crippen molar-refractivity contribution < 1.29 is 16.2 Å². The largest absolute Gasteiger partial charge is 0.427 e. The molecule has 0 radical (unpaired) electrons. The van der Waals surface area contributed by atoms with E-state index in [4.69, 9.17) is 11.6 Å². The van der Waals surface area contributed by atoms with Gasteiger partial charge < -0.3 is 3.07 Å². The molecule has 0 aliphatic heterocycles. The van der Waals surface area contributed by atoms with Crippen molar-refractivity contribution in [1.82, 2.24) is 0 Å². The zero-order valence-electron chi connectivity index (χ0n) is 6.03. The average molecular weight is 322 g/mol. The van der Waals surface area contributed by atoms with Crippen LogP contribution in [0.2, 0.25) is 5.02 Å². The summed E-state index contributed by atoms with van der Waals surface area (Å²) in [7, 11) is 0. The van der Waals surface area contributed by atoms with Crippen molar-refractivity contribution in [3.63, 3.8) is 0 Å². The van der Waals surface area contributed by atoms with E-state index in [2.05, 4.69) is 3.07 Å². The van der Waals surface area contributed by atoms with Crippen LogP contribution in [0.25, 0.3) is 0 Å². The molecule has 6 heteroatoms. The van der Waals surface area contributed by atoms with Gasteiger partial charge >= 0.3 is 6.18 Å². The fraction of sp³-hybridized carbons (Fsp3) is 0.143. The van der Waals surface area contributed by atoms with Crippen molar-refractivity contribution in [3.05, 3.63) is 28.8 Å². The maximum Gasteiger partial charge on any atom is 0.420 e. The Kier molecular flexibility index (Phi) is 3.28. The lowest BCUT2D eigenvalue weighted by atomic mass is 10.2. The molecule has 0 aliphatic carbocycles. The van der Waals surface area contributed by atoms with Gasteiger partial charge in [0.25, 0.3) is 0 Å². The van der Waals surface area contributed by atoms with Crippen LogP contribution in [-0.4, -0.2) is 0 Å². The van der Waals surface area contributed by atoms with Crippen LogP contribution in [0.15, 0.2) is 18.2 Å². The Hall–Kier alpha value is -0.170. The van der Waals surface area contributed by atoms with Crippen molar-refractivity contribution >= 4 is 34.6 Å². The van der Waals surface area contributed by atoms with Crippen LogP contribution in [0, 0.1) is 0 Å². The zero-order chi connectivity index (χ0) is 10.1. The van der Waals surface area contributed by atoms with Crippen molar-refractivity contribution in [2.45, 2.75) is 6.18 Å². The summed E-state index contributed by atoms with van der Waals surface area (Å²) < 4.78 is 41.3. The first-order valence-corrected chi connectivity index (χ1v) is 4.36. The van der Waals surface area contributed by atoms with Crippen LogP contribution in [0.1, 0.15) is 5.56 Å². The SMILES string of the molecule is FC(F)(F)c1cc(Cl)ccc1OI. The van der Waals surface area contributed by atoms with E-state index in [0.717, 1.165) is 6.07 Å². The maximum absolute atomic E-state index is 12.3. The molecule has 13 heavy (non-hydrogen) atoms. The van der Waals surface area contributed by atoms with E-state index >= 15 is 0 Å². The minimum atomic E-state index is -4.44. The molecular weight excluding hydrogens is 319 g/mol. The van der Waals surface area contributed by atoms with Gasteiger partial charge in [-0.05, 0) is 18.2 Å². The minimum Gasteiger partial charge on any atom is -0.427 e. The second-order valence-electron chi connectivity index (χ2n) is 2.22. The fourth-order valence-electron chi connectivity index (χ4n) is 0.791. The second-order valence-corrected chi connectivity index (χ2v) is 3.09. The molecule has 1 aromatic rings. The minimum absolute atomic E-state index is 0.0320. The predicted octanol–water partition coefficient (Wildman–Crippen LogP) is 4.09. The van der Waals surface area contributed by atoms with E-state index in [1.807, 2.05) is 0 Å². The van der Waals surface area contributed by atoms with E-state index < -0.39 is 11.7 Å². The summed E-state index contributed by atoms with van der Waals surface area (Å²) in [6.45, 7) is 0. The molecule has 0 aliphatic rings. The Labute approximate surface area is 91.5 Å². The summed E-state index contributed by atoms with van der Waals surface area (Å²) in [6, 6.07) is 3.35. The third-order valence-electron chi connectivity index (χ3n) is 1.33. The molecule has 0 spiro atoms.